The van der Waals surface area contributed by atoms with Crippen LogP contribution in [0.2, 0.25) is 0 Å². The van der Waals surface area contributed by atoms with Crippen molar-refractivity contribution in [3.05, 3.63) is 0 Å². The van der Waals surface area contributed by atoms with E-state index < -0.39 is 0 Å². The number of fused-ring (bicyclic) bond motifs is 1. The molecule has 6 nitrogen and oxygen atoms in total. The molecule has 4 atom stereocenters. The normalized spacial score (nSPS) is 35.3. The summed E-state index contributed by atoms with van der Waals surface area (Å²) >= 11 is 0. The topological polar surface area (TPSA) is 48.1 Å². The van der Waals surface area contributed by atoms with Gasteiger partial charge in [-0.05, 0) is 95.2 Å². The molecule has 34 heavy (non-hydrogen) atoms. The maximum absolute atomic E-state index is 12.7. The van der Waals surface area contributed by atoms with E-state index in [0.29, 0.717) is 30.0 Å². The zero-order chi connectivity index (χ0) is 23.3. The van der Waals surface area contributed by atoms with Crippen molar-refractivity contribution in [1.29, 1.82) is 0 Å². The summed E-state index contributed by atoms with van der Waals surface area (Å²) in [5.41, 5.74) is 0. The Hall–Kier alpha value is -0.690. The van der Waals surface area contributed by atoms with Gasteiger partial charge in [-0.3, -0.25) is 9.69 Å². The van der Waals surface area contributed by atoms with Gasteiger partial charge in [0.25, 0.3) is 0 Å². The first-order valence-corrected chi connectivity index (χ1v) is 14.7. The molecule has 5 rings (SSSR count). The Morgan fingerprint density at radius 3 is 2.44 bits per heavy atom. The third-order valence-corrected chi connectivity index (χ3v) is 9.98. The number of likely N-dealkylation sites (tertiary alicyclic amines) is 1. The second-order valence-corrected chi connectivity index (χ2v) is 12.1. The first-order chi connectivity index (χ1) is 16.7. The molecule has 0 aromatic rings. The van der Waals surface area contributed by atoms with Crippen LogP contribution in [0.1, 0.15) is 77.0 Å². The molecule has 0 aromatic heterocycles. The van der Waals surface area contributed by atoms with Crippen molar-refractivity contribution in [2.75, 3.05) is 59.5 Å². The minimum Gasteiger partial charge on any atom is -0.380 e. The van der Waals surface area contributed by atoms with Crippen LogP contribution in [-0.4, -0.2) is 98.3 Å². The molecule has 3 heterocycles. The van der Waals surface area contributed by atoms with Crippen molar-refractivity contribution in [3.8, 4) is 0 Å². The van der Waals surface area contributed by atoms with E-state index in [4.69, 9.17) is 4.74 Å². The molecule has 3 saturated heterocycles. The fourth-order valence-corrected chi connectivity index (χ4v) is 7.99. The van der Waals surface area contributed by atoms with E-state index in [1.54, 1.807) is 0 Å². The summed E-state index contributed by atoms with van der Waals surface area (Å²) in [5.74, 6) is 2.70. The maximum atomic E-state index is 12.7. The van der Waals surface area contributed by atoms with Gasteiger partial charge >= 0.3 is 0 Å². The van der Waals surface area contributed by atoms with E-state index in [1.807, 2.05) is 7.11 Å². The average molecular weight is 475 g/mol. The summed E-state index contributed by atoms with van der Waals surface area (Å²) in [6, 6.07) is 1.16. The van der Waals surface area contributed by atoms with Crippen LogP contribution in [0.15, 0.2) is 0 Å². The van der Waals surface area contributed by atoms with E-state index in [0.717, 1.165) is 31.3 Å². The lowest BCUT2D eigenvalue weighted by Gasteiger charge is -2.49. The zero-order valence-corrected chi connectivity index (χ0v) is 21.8. The largest absolute Gasteiger partial charge is 0.380 e. The van der Waals surface area contributed by atoms with E-state index in [2.05, 4.69) is 20.0 Å². The lowest BCUT2D eigenvalue weighted by molar-refractivity contribution is -0.133. The van der Waals surface area contributed by atoms with Crippen molar-refractivity contribution in [2.24, 2.45) is 17.8 Å². The van der Waals surface area contributed by atoms with Gasteiger partial charge in [-0.1, -0.05) is 12.8 Å². The lowest BCUT2D eigenvalue weighted by atomic mass is 9.74. The van der Waals surface area contributed by atoms with Gasteiger partial charge in [0.1, 0.15) is 0 Å². The van der Waals surface area contributed by atoms with Crippen molar-refractivity contribution in [3.63, 3.8) is 0 Å². The van der Waals surface area contributed by atoms with Crippen molar-refractivity contribution in [2.45, 2.75) is 95.2 Å². The van der Waals surface area contributed by atoms with E-state index in [9.17, 15) is 4.79 Å². The van der Waals surface area contributed by atoms with Crippen LogP contribution in [0.4, 0.5) is 0 Å². The van der Waals surface area contributed by atoms with Gasteiger partial charge in [0.05, 0.1) is 12.1 Å². The van der Waals surface area contributed by atoms with Crippen LogP contribution in [0, 0.1) is 17.8 Å². The highest BCUT2D eigenvalue weighted by atomic mass is 16.5. The minimum absolute atomic E-state index is 0.379. The third-order valence-electron chi connectivity index (χ3n) is 9.98. The molecule has 194 valence electrons. The molecular weight excluding hydrogens is 424 g/mol. The van der Waals surface area contributed by atoms with Gasteiger partial charge in [-0.15, -0.1) is 0 Å². The summed E-state index contributed by atoms with van der Waals surface area (Å²) in [6.45, 7) is 9.17. The Kier molecular flexibility index (Phi) is 8.84. The van der Waals surface area contributed by atoms with Gasteiger partial charge in [0.15, 0.2) is 0 Å². The monoisotopic (exact) mass is 474 g/mol. The van der Waals surface area contributed by atoms with Gasteiger partial charge in [-0.2, -0.15) is 0 Å². The maximum Gasteiger partial charge on any atom is 0.222 e. The van der Waals surface area contributed by atoms with Crippen LogP contribution in [0.3, 0.4) is 0 Å². The predicted molar refractivity (Wildman–Crippen MR) is 137 cm³/mol. The van der Waals surface area contributed by atoms with Crippen molar-refractivity contribution in [1.82, 2.24) is 20.0 Å². The highest BCUT2D eigenvalue weighted by Gasteiger charge is 2.43. The molecule has 1 amide bonds. The number of hydrogen-bond donors (Lipinski definition) is 1. The van der Waals surface area contributed by atoms with Crippen LogP contribution in [0.5, 0.6) is 0 Å². The summed E-state index contributed by atoms with van der Waals surface area (Å²) in [6.07, 6.45) is 15.3. The number of nitrogens with one attached hydrogen (secondary N) is 1. The third kappa shape index (κ3) is 5.99. The quantitative estimate of drug-likeness (QED) is 0.640. The van der Waals surface area contributed by atoms with Crippen molar-refractivity contribution >= 4 is 5.91 Å². The van der Waals surface area contributed by atoms with Crippen LogP contribution < -0.4 is 5.32 Å². The average Bonchev–Trinajstić information content (AvgIpc) is 3.28. The summed E-state index contributed by atoms with van der Waals surface area (Å²) in [4.78, 5) is 20.4. The van der Waals surface area contributed by atoms with Crippen LogP contribution in [0.25, 0.3) is 0 Å². The number of carbonyl (C=O) groups is 1. The molecule has 3 aliphatic heterocycles. The van der Waals surface area contributed by atoms with E-state index >= 15 is 0 Å². The number of amides is 1. The Labute approximate surface area is 208 Å². The number of nitrogens with zero attached hydrogens (tertiary/aromatic N) is 3. The summed E-state index contributed by atoms with van der Waals surface area (Å²) in [5, 5.41) is 3.90. The number of rotatable bonds is 6. The number of methoxy groups -OCH3 is 1. The summed E-state index contributed by atoms with van der Waals surface area (Å²) < 4.78 is 6.04. The first kappa shape index (κ1) is 25.0. The fraction of sp³-hybridized carbons (Fsp3) is 0.964. The predicted octanol–water partition coefficient (Wildman–Crippen LogP) is 3.36. The minimum atomic E-state index is 0.379. The Bertz CT molecular complexity index is 646. The number of carbonyl (C=O) groups excluding carboxylic acids is 1. The Balaban J connectivity index is 1.08. The molecule has 2 saturated carbocycles. The fourth-order valence-electron chi connectivity index (χ4n) is 7.99. The van der Waals surface area contributed by atoms with Crippen molar-refractivity contribution < 1.29 is 9.53 Å². The smallest absolute Gasteiger partial charge is 0.222 e. The molecule has 0 aromatic carbocycles. The molecule has 0 bridgehead atoms. The molecule has 6 heteroatoms. The first-order valence-electron chi connectivity index (χ1n) is 14.7. The Morgan fingerprint density at radius 2 is 1.65 bits per heavy atom. The molecule has 1 N–H and O–H groups in total. The molecule has 4 unspecified atom stereocenters. The highest BCUT2D eigenvalue weighted by molar-refractivity contribution is 5.76. The van der Waals surface area contributed by atoms with Crippen LogP contribution in [-0.2, 0) is 9.53 Å². The van der Waals surface area contributed by atoms with Gasteiger partial charge in [0.2, 0.25) is 5.91 Å². The van der Waals surface area contributed by atoms with Crippen LogP contribution >= 0.6 is 0 Å². The molecule has 5 fully saturated rings. The zero-order valence-electron chi connectivity index (χ0n) is 21.8. The van der Waals surface area contributed by atoms with Gasteiger partial charge < -0.3 is 19.9 Å². The number of hydrogen-bond acceptors (Lipinski definition) is 5. The van der Waals surface area contributed by atoms with E-state index in [1.165, 1.54) is 110 Å². The molecule has 0 spiro atoms. The highest BCUT2D eigenvalue weighted by Crippen LogP contribution is 2.35. The molecule has 2 aliphatic carbocycles. The second kappa shape index (κ2) is 12.0. The standard InChI is InChI=1S/C28H50N4O2/c1-34-25-10-9-24-8-4-13-29-27(24)28(25)32-15-5-14-30(18-19-32)21-23-11-16-31(17-12-23)26(33)20-22-6-2-3-7-22/h22-25,27-29H,2-21H2,1H3. The summed E-state index contributed by atoms with van der Waals surface area (Å²) in [7, 11) is 1.93. The second-order valence-electron chi connectivity index (χ2n) is 12.1. The SMILES string of the molecule is COC1CCC2CCCNC2C1N1CCCN(CC2CCN(C(=O)CC3CCCC3)CC2)CC1. The molecule has 0 radical (unpaired) electrons. The molecule has 5 aliphatic rings. The van der Waals surface area contributed by atoms with E-state index in [-0.39, 0.29) is 0 Å². The Morgan fingerprint density at radius 1 is 0.824 bits per heavy atom. The van der Waals surface area contributed by atoms with Gasteiger partial charge in [-0.25, -0.2) is 0 Å². The number of piperidine rings is 2. The van der Waals surface area contributed by atoms with Gasteiger partial charge in [0, 0.05) is 52.3 Å². The lowest BCUT2D eigenvalue weighted by Crippen LogP contribution is -2.63. The molecular formula is C28H50N4O2. The number of ether oxygens (including phenoxy) is 1.